The number of carbonyl (C=O) groups is 1. The van der Waals surface area contributed by atoms with E-state index in [1.165, 1.54) is 0 Å². The Balaban J connectivity index is 1.73. The molecular formula is C16H20N4O2. The normalized spacial score (nSPS) is 13.7. The van der Waals surface area contributed by atoms with Gasteiger partial charge >= 0.3 is 0 Å². The average molecular weight is 300 g/mol. The first kappa shape index (κ1) is 14.7. The van der Waals surface area contributed by atoms with E-state index in [-0.39, 0.29) is 5.91 Å². The number of aryl methyl sites for hydroxylation is 1. The third kappa shape index (κ3) is 2.87. The number of fused-ring (bicyclic) bond motifs is 1. The minimum atomic E-state index is -0.0962. The molecule has 0 aromatic carbocycles. The van der Waals surface area contributed by atoms with Gasteiger partial charge in [0.1, 0.15) is 11.6 Å². The summed E-state index contributed by atoms with van der Waals surface area (Å²) in [5, 5.41) is 0. The molecule has 0 atom stereocenters. The Labute approximate surface area is 129 Å². The van der Waals surface area contributed by atoms with Gasteiger partial charge < -0.3 is 14.2 Å². The molecule has 1 aliphatic rings. The highest BCUT2D eigenvalue weighted by atomic mass is 16.4. The highest BCUT2D eigenvalue weighted by Crippen LogP contribution is 2.23. The Hall–Kier alpha value is -2.21. The van der Waals surface area contributed by atoms with Crippen molar-refractivity contribution >= 4 is 5.91 Å². The summed E-state index contributed by atoms with van der Waals surface area (Å²) >= 11 is 0. The number of amides is 1. The van der Waals surface area contributed by atoms with Gasteiger partial charge in [-0.05, 0) is 26.2 Å². The Kier molecular flexibility index (Phi) is 3.94. The van der Waals surface area contributed by atoms with Crippen molar-refractivity contribution in [2.75, 3.05) is 14.1 Å². The van der Waals surface area contributed by atoms with E-state index in [0.717, 1.165) is 29.3 Å². The molecule has 2 aromatic heterocycles. The molecule has 0 aliphatic carbocycles. The lowest BCUT2D eigenvalue weighted by Gasteiger charge is -2.13. The fraction of sp³-hybridized carbons (Fsp3) is 0.438. The molecule has 3 rings (SSSR count). The molecule has 0 saturated heterocycles. The van der Waals surface area contributed by atoms with Gasteiger partial charge in [-0.2, -0.15) is 0 Å². The van der Waals surface area contributed by atoms with Gasteiger partial charge in [0, 0.05) is 24.7 Å². The van der Waals surface area contributed by atoms with Gasteiger partial charge in [0.2, 0.25) is 0 Å². The molecule has 2 aromatic rings. The average Bonchev–Trinajstić information content (AvgIpc) is 3.11. The number of nitrogens with zero attached hydrogens (tertiary/aromatic N) is 4. The van der Waals surface area contributed by atoms with Crippen LogP contribution in [0.1, 0.15) is 40.3 Å². The predicted molar refractivity (Wildman–Crippen MR) is 81.1 cm³/mol. The van der Waals surface area contributed by atoms with Gasteiger partial charge in [0.25, 0.3) is 5.91 Å². The van der Waals surface area contributed by atoms with Crippen molar-refractivity contribution in [2.45, 2.75) is 33.0 Å². The maximum Gasteiger partial charge on any atom is 0.290 e. The second-order valence-corrected chi connectivity index (χ2v) is 5.78. The van der Waals surface area contributed by atoms with Crippen LogP contribution in [-0.4, -0.2) is 39.8 Å². The van der Waals surface area contributed by atoms with Crippen LogP contribution in [0.15, 0.2) is 22.7 Å². The number of hydrogen-bond acceptors (Lipinski definition) is 5. The zero-order valence-corrected chi connectivity index (χ0v) is 13.2. The molecule has 0 fully saturated rings. The molecule has 0 unspecified atom stereocenters. The topological polar surface area (TPSA) is 62.5 Å². The smallest absolute Gasteiger partial charge is 0.290 e. The zero-order valence-electron chi connectivity index (χ0n) is 13.2. The van der Waals surface area contributed by atoms with Crippen molar-refractivity contribution in [3.8, 4) is 0 Å². The molecule has 6 heteroatoms. The summed E-state index contributed by atoms with van der Waals surface area (Å²) in [6.07, 6.45) is 2.63. The molecule has 116 valence electrons. The summed E-state index contributed by atoms with van der Waals surface area (Å²) in [7, 11) is 3.93. The summed E-state index contributed by atoms with van der Waals surface area (Å²) in [5.74, 6) is 1.90. The maximum atomic E-state index is 12.5. The van der Waals surface area contributed by atoms with Crippen LogP contribution in [-0.2, 0) is 26.1 Å². The van der Waals surface area contributed by atoms with Crippen LogP contribution in [0.2, 0.25) is 0 Å². The van der Waals surface area contributed by atoms with Gasteiger partial charge in [-0.3, -0.25) is 4.79 Å². The number of aromatic nitrogens is 2. The van der Waals surface area contributed by atoms with Gasteiger partial charge in [-0.25, -0.2) is 9.97 Å². The molecule has 0 bridgehead atoms. The zero-order chi connectivity index (χ0) is 15.7. The fourth-order valence-corrected chi connectivity index (χ4v) is 2.55. The van der Waals surface area contributed by atoms with E-state index in [0.29, 0.717) is 25.4 Å². The summed E-state index contributed by atoms with van der Waals surface area (Å²) in [4.78, 5) is 25.1. The number of furan rings is 1. The minimum absolute atomic E-state index is 0.0962. The molecule has 0 N–H and O–H groups in total. The van der Waals surface area contributed by atoms with E-state index in [1.54, 1.807) is 11.0 Å². The lowest BCUT2D eigenvalue weighted by molar-refractivity contribution is 0.0715. The van der Waals surface area contributed by atoms with Crippen LogP contribution in [0, 0.1) is 0 Å². The summed E-state index contributed by atoms with van der Waals surface area (Å²) < 4.78 is 5.64. The van der Waals surface area contributed by atoms with Gasteiger partial charge in [0.05, 0.1) is 18.8 Å². The lowest BCUT2D eigenvalue weighted by atomic mass is 10.3. The molecular weight excluding hydrogens is 280 g/mol. The molecule has 6 nitrogen and oxygen atoms in total. The number of carbonyl (C=O) groups excluding carboxylic acids is 1. The standard InChI is InChI=1S/C16H20N4O2/c1-4-15-17-7-11-8-20(10-13(11)18-15)16(21)14-6-5-12(22-14)9-19(2)3/h5-7H,4,8-10H2,1-3H3. The third-order valence-corrected chi connectivity index (χ3v) is 3.65. The Bertz CT molecular complexity index is 693. The van der Waals surface area contributed by atoms with Crippen LogP contribution in [0.25, 0.3) is 0 Å². The van der Waals surface area contributed by atoms with E-state index in [1.807, 2.05) is 38.2 Å². The van der Waals surface area contributed by atoms with E-state index in [9.17, 15) is 4.79 Å². The van der Waals surface area contributed by atoms with Crippen molar-refractivity contribution in [3.63, 3.8) is 0 Å². The van der Waals surface area contributed by atoms with Crippen molar-refractivity contribution in [1.82, 2.24) is 19.8 Å². The predicted octanol–water partition coefficient (Wildman–Crippen LogP) is 1.85. The van der Waals surface area contributed by atoms with Gasteiger partial charge in [-0.15, -0.1) is 0 Å². The molecule has 0 saturated carbocycles. The van der Waals surface area contributed by atoms with E-state index in [4.69, 9.17) is 4.42 Å². The maximum absolute atomic E-state index is 12.5. The Morgan fingerprint density at radius 3 is 2.91 bits per heavy atom. The summed E-state index contributed by atoms with van der Waals surface area (Å²) in [6.45, 7) is 3.77. The van der Waals surface area contributed by atoms with Gasteiger partial charge in [0.15, 0.2) is 5.76 Å². The quantitative estimate of drug-likeness (QED) is 0.862. The molecule has 1 aliphatic heterocycles. The van der Waals surface area contributed by atoms with Crippen LogP contribution < -0.4 is 0 Å². The van der Waals surface area contributed by atoms with E-state index < -0.39 is 0 Å². The first-order valence-corrected chi connectivity index (χ1v) is 7.43. The first-order chi connectivity index (χ1) is 10.6. The minimum Gasteiger partial charge on any atom is -0.455 e. The fourth-order valence-electron chi connectivity index (χ4n) is 2.55. The Morgan fingerprint density at radius 2 is 2.18 bits per heavy atom. The summed E-state index contributed by atoms with van der Waals surface area (Å²) in [6, 6.07) is 3.60. The lowest BCUT2D eigenvalue weighted by Crippen LogP contribution is -2.25. The van der Waals surface area contributed by atoms with Crippen LogP contribution in [0.3, 0.4) is 0 Å². The second kappa shape index (κ2) is 5.88. The SMILES string of the molecule is CCc1ncc2c(n1)CN(C(=O)c1ccc(CN(C)C)o1)C2. The molecule has 0 radical (unpaired) electrons. The van der Waals surface area contributed by atoms with Gasteiger partial charge in [-0.1, -0.05) is 6.92 Å². The largest absolute Gasteiger partial charge is 0.455 e. The second-order valence-electron chi connectivity index (χ2n) is 5.78. The van der Waals surface area contributed by atoms with Crippen LogP contribution in [0.5, 0.6) is 0 Å². The third-order valence-electron chi connectivity index (χ3n) is 3.65. The van der Waals surface area contributed by atoms with Crippen molar-refractivity contribution in [1.29, 1.82) is 0 Å². The number of hydrogen-bond donors (Lipinski definition) is 0. The van der Waals surface area contributed by atoms with Crippen molar-refractivity contribution in [3.05, 3.63) is 46.9 Å². The Morgan fingerprint density at radius 1 is 1.36 bits per heavy atom. The van der Waals surface area contributed by atoms with Crippen LogP contribution in [0.4, 0.5) is 0 Å². The molecule has 1 amide bonds. The van der Waals surface area contributed by atoms with Crippen molar-refractivity contribution in [2.24, 2.45) is 0 Å². The summed E-state index contributed by atoms with van der Waals surface area (Å²) in [5.41, 5.74) is 1.96. The monoisotopic (exact) mass is 300 g/mol. The highest BCUT2D eigenvalue weighted by molar-refractivity contribution is 5.91. The van der Waals surface area contributed by atoms with E-state index in [2.05, 4.69) is 9.97 Å². The molecule has 22 heavy (non-hydrogen) atoms. The molecule has 3 heterocycles. The number of rotatable bonds is 4. The first-order valence-electron chi connectivity index (χ1n) is 7.43. The highest BCUT2D eigenvalue weighted by Gasteiger charge is 2.27. The van der Waals surface area contributed by atoms with Crippen molar-refractivity contribution < 1.29 is 9.21 Å². The van der Waals surface area contributed by atoms with E-state index >= 15 is 0 Å². The molecule has 0 spiro atoms. The van der Waals surface area contributed by atoms with Crippen LogP contribution >= 0.6 is 0 Å².